The van der Waals surface area contributed by atoms with Crippen molar-refractivity contribution < 1.29 is 41.2 Å². The highest BCUT2D eigenvalue weighted by atomic mass is 19.4. The summed E-state index contributed by atoms with van der Waals surface area (Å²) in [6.45, 7) is 9.35. The van der Waals surface area contributed by atoms with Crippen LogP contribution in [0.3, 0.4) is 0 Å². The Morgan fingerprint density at radius 1 is 0.964 bits per heavy atom. The third-order valence-electron chi connectivity index (χ3n) is 10.3. The second-order valence-electron chi connectivity index (χ2n) is 14.0. The summed E-state index contributed by atoms with van der Waals surface area (Å²) < 4.78 is 62.4. The van der Waals surface area contributed by atoms with Gasteiger partial charge < -0.3 is 30.7 Å². The fourth-order valence-corrected chi connectivity index (χ4v) is 6.79. The van der Waals surface area contributed by atoms with Gasteiger partial charge in [0.05, 0.1) is 17.5 Å². The molecule has 2 aromatic carbocycles. The predicted molar refractivity (Wildman–Crippen MR) is 195 cm³/mol. The van der Waals surface area contributed by atoms with Crippen molar-refractivity contribution in [3.05, 3.63) is 76.6 Å². The summed E-state index contributed by atoms with van der Waals surface area (Å²) in [5.74, 6) is -3.32. The van der Waals surface area contributed by atoms with E-state index in [4.69, 9.17) is 4.42 Å². The van der Waals surface area contributed by atoms with Crippen molar-refractivity contribution >= 4 is 40.7 Å². The number of para-hydroxylation sites is 1. The average Bonchev–Trinajstić information content (AvgIpc) is 3.76. The minimum atomic E-state index is -4.65. The number of aromatic nitrogens is 3. The number of nitrogens with zero attached hydrogens (tertiary/aromatic N) is 2. The predicted octanol–water partition coefficient (Wildman–Crippen LogP) is 5.87. The lowest BCUT2D eigenvalue weighted by Gasteiger charge is -2.39. The van der Waals surface area contributed by atoms with Gasteiger partial charge in [-0.2, -0.15) is 13.2 Å². The van der Waals surface area contributed by atoms with Crippen molar-refractivity contribution in [1.29, 1.82) is 0 Å². The van der Waals surface area contributed by atoms with Crippen LogP contribution in [0.1, 0.15) is 88.2 Å². The van der Waals surface area contributed by atoms with E-state index in [2.05, 4.69) is 41.8 Å². The van der Waals surface area contributed by atoms with Gasteiger partial charge in [0.15, 0.2) is 0 Å². The van der Waals surface area contributed by atoms with Crippen molar-refractivity contribution in [2.45, 2.75) is 96.9 Å². The molecule has 0 fully saturated rings. The first-order chi connectivity index (χ1) is 26.1. The average molecular weight is 771 g/mol. The molecule has 2 heterocycles. The maximum Gasteiger partial charge on any atom is 0.418 e. The first kappa shape index (κ1) is 40.7. The Balaban J connectivity index is 1.52. The molecule has 1 aliphatic carbocycles. The number of alkyl halides is 3. The summed E-state index contributed by atoms with van der Waals surface area (Å²) in [4.78, 5) is 57.4. The van der Waals surface area contributed by atoms with E-state index in [1.807, 2.05) is 20.8 Å². The molecule has 1 aliphatic rings. The van der Waals surface area contributed by atoms with Gasteiger partial charge in [-0.25, -0.2) is 9.18 Å². The zero-order chi connectivity index (χ0) is 40.1. The van der Waals surface area contributed by atoms with E-state index < -0.39 is 64.9 Å². The highest BCUT2D eigenvalue weighted by Gasteiger charge is 2.47. The third-order valence-corrected chi connectivity index (χ3v) is 10.3. The zero-order valence-corrected chi connectivity index (χ0v) is 31.2. The number of amides is 5. The Morgan fingerprint density at radius 2 is 1.69 bits per heavy atom. The molecule has 0 spiro atoms. The molecule has 2 aromatic heterocycles. The number of halogens is 4. The number of fused-ring (bicyclic) bond motifs is 3. The SMILES string of the molecule is CCNC(=O)Nc1nnc(C(NC(=O)[C@@]2(NC(=O)C(NC(=O)Cc3ccccc3F)C(C)CC)CCc3[nH]c4c(C(F)(F)F)cccc4c3C2)C(C)CC)o1. The summed E-state index contributed by atoms with van der Waals surface area (Å²) in [5.41, 5.74) is -1.66. The van der Waals surface area contributed by atoms with Crippen LogP contribution in [0.15, 0.2) is 46.9 Å². The van der Waals surface area contributed by atoms with Crippen LogP contribution in [0.4, 0.5) is 28.4 Å². The molecule has 5 rings (SSSR count). The van der Waals surface area contributed by atoms with Crippen LogP contribution in [0.2, 0.25) is 0 Å². The topological polar surface area (TPSA) is 183 Å². The number of carbonyl (C=O) groups excluding carboxylic acids is 4. The van der Waals surface area contributed by atoms with Gasteiger partial charge in [0.1, 0.15) is 23.4 Å². The van der Waals surface area contributed by atoms with Gasteiger partial charge in [-0.3, -0.25) is 19.7 Å². The molecule has 13 nitrogen and oxygen atoms in total. The molecular formula is C38H46F4N8O5. The molecule has 55 heavy (non-hydrogen) atoms. The number of aryl methyl sites for hydroxylation is 1. The normalized spacial score (nSPS) is 17.7. The Morgan fingerprint density at radius 3 is 2.36 bits per heavy atom. The standard InChI is InChI=1S/C38H46F4N8O5/c1-6-20(4)29(45-28(51)18-22-12-9-10-15-26(22)39)32(52)48-37(17-16-27-24(19-37)23-13-11-14-25(31(23)44-27)38(40,41)42)34(53)46-30(21(5)7-2)33-49-50-36(55-33)47-35(54)43-8-3/h9-15,20-21,29-30,44H,6-8,16-19H2,1-5H3,(H,45,51)(H,46,53)(H,48,52)(H2,43,47,50,54)/t20?,21?,29?,30?,37-/m1/s1. The monoisotopic (exact) mass is 770 g/mol. The number of H-pyrrole nitrogens is 1. The molecule has 0 bridgehead atoms. The molecule has 17 heteroatoms. The van der Waals surface area contributed by atoms with Crippen molar-refractivity contribution in [2.24, 2.45) is 11.8 Å². The highest BCUT2D eigenvalue weighted by Crippen LogP contribution is 2.40. The van der Waals surface area contributed by atoms with Crippen molar-refractivity contribution in [3.63, 3.8) is 0 Å². The number of carbonyl (C=O) groups is 4. The lowest BCUT2D eigenvalue weighted by atomic mass is 9.78. The smallest absolute Gasteiger partial charge is 0.405 e. The molecule has 6 N–H and O–H groups in total. The van der Waals surface area contributed by atoms with Gasteiger partial charge in [-0.05, 0) is 54.9 Å². The van der Waals surface area contributed by atoms with Gasteiger partial charge >= 0.3 is 18.2 Å². The van der Waals surface area contributed by atoms with E-state index in [9.17, 15) is 36.7 Å². The number of aromatic amines is 1. The summed E-state index contributed by atoms with van der Waals surface area (Å²) in [6, 6.07) is 6.73. The lowest BCUT2D eigenvalue weighted by Crippen LogP contribution is -2.65. The van der Waals surface area contributed by atoms with E-state index in [-0.39, 0.29) is 60.0 Å². The second-order valence-corrected chi connectivity index (χ2v) is 14.0. The number of hydrogen-bond donors (Lipinski definition) is 6. The summed E-state index contributed by atoms with van der Waals surface area (Å²) in [5, 5.41) is 21.8. The van der Waals surface area contributed by atoms with E-state index in [1.165, 1.54) is 30.3 Å². The molecule has 5 atom stereocenters. The first-order valence-corrected chi connectivity index (χ1v) is 18.3. The van der Waals surface area contributed by atoms with E-state index >= 15 is 0 Å². The fourth-order valence-electron chi connectivity index (χ4n) is 6.79. The van der Waals surface area contributed by atoms with Gasteiger partial charge in [0.25, 0.3) is 0 Å². The number of hydrogen-bond acceptors (Lipinski definition) is 7. The fraction of sp³-hybridized carbons (Fsp3) is 0.474. The van der Waals surface area contributed by atoms with Crippen LogP contribution in [0.25, 0.3) is 10.9 Å². The van der Waals surface area contributed by atoms with Gasteiger partial charge in [0, 0.05) is 24.0 Å². The van der Waals surface area contributed by atoms with E-state index in [0.717, 1.165) is 6.07 Å². The van der Waals surface area contributed by atoms with Gasteiger partial charge in [-0.15, -0.1) is 5.10 Å². The number of anilines is 1. The number of rotatable bonds is 14. The molecule has 0 aliphatic heterocycles. The maximum absolute atomic E-state index is 14.8. The lowest BCUT2D eigenvalue weighted by molar-refractivity contribution is -0.137. The molecule has 5 amide bonds. The first-order valence-electron chi connectivity index (χ1n) is 18.3. The quantitative estimate of drug-likeness (QED) is 0.0867. The largest absolute Gasteiger partial charge is 0.418 e. The van der Waals surface area contributed by atoms with Crippen LogP contribution >= 0.6 is 0 Å². The molecule has 0 saturated carbocycles. The number of benzene rings is 2. The maximum atomic E-state index is 14.8. The van der Waals surface area contributed by atoms with Gasteiger partial charge in [0.2, 0.25) is 23.6 Å². The van der Waals surface area contributed by atoms with E-state index in [1.54, 1.807) is 19.9 Å². The Kier molecular flexibility index (Phi) is 12.5. The molecule has 0 saturated heterocycles. The molecule has 296 valence electrons. The van der Waals surface area contributed by atoms with Gasteiger partial charge in [-0.1, -0.05) is 76.0 Å². The second kappa shape index (κ2) is 16.9. The number of urea groups is 1. The van der Waals surface area contributed by atoms with Crippen LogP contribution in [-0.2, 0) is 39.8 Å². The Hall–Kier alpha value is -5.48. The summed E-state index contributed by atoms with van der Waals surface area (Å²) in [7, 11) is 0. The van der Waals surface area contributed by atoms with Crippen LogP contribution < -0.4 is 26.6 Å². The minimum absolute atomic E-state index is 0.0210. The molecule has 4 unspecified atom stereocenters. The van der Waals surface area contributed by atoms with Crippen molar-refractivity contribution in [3.8, 4) is 0 Å². The number of nitrogens with one attached hydrogen (secondary N) is 6. The minimum Gasteiger partial charge on any atom is -0.405 e. The third kappa shape index (κ3) is 9.08. The van der Waals surface area contributed by atoms with Crippen LogP contribution in [0.5, 0.6) is 0 Å². The Bertz CT molecular complexity index is 2030. The zero-order valence-electron chi connectivity index (χ0n) is 31.2. The molecule has 4 aromatic rings. The molecule has 0 radical (unpaired) electrons. The van der Waals surface area contributed by atoms with Crippen LogP contribution in [-0.4, -0.2) is 57.1 Å². The van der Waals surface area contributed by atoms with E-state index in [0.29, 0.717) is 30.6 Å². The van der Waals surface area contributed by atoms with Crippen LogP contribution in [0, 0.1) is 17.7 Å². The Labute approximate surface area is 315 Å². The van der Waals surface area contributed by atoms with Crippen molar-refractivity contribution in [2.75, 3.05) is 11.9 Å². The summed E-state index contributed by atoms with van der Waals surface area (Å²) >= 11 is 0. The summed E-state index contributed by atoms with van der Waals surface area (Å²) in [6.07, 6.45) is -4.14. The molecular weight excluding hydrogens is 724 g/mol. The highest BCUT2D eigenvalue weighted by molar-refractivity contribution is 5.97. The van der Waals surface area contributed by atoms with Crippen molar-refractivity contribution in [1.82, 2.24) is 36.4 Å².